The lowest BCUT2D eigenvalue weighted by Gasteiger charge is -2.25. The minimum Gasteiger partial charge on any atom is -0.352 e. The number of hydrogen-bond donors (Lipinski definition) is 1. The van der Waals surface area contributed by atoms with Gasteiger partial charge in [0.05, 0.1) is 6.04 Å². The lowest BCUT2D eigenvalue weighted by molar-refractivity contribution is -0.110. The first-order valence-corrected chi connectivity index (χ1v) is 5.13. The van der Waals surface area contributed by atoms with Gasteiger partial charge in [-0.05, 0) is 36.5 Å². The van der Waals surface area contributed by atoms with Gasteiger partial charge in [-0.1, -0.05) is 12.1 Å². The molecular weight excluding hydrogens is 190 g/mol. The zero-order valence-corrected chi connectivity index (χ0v) is 8.40. The number of rotatable bonds is 3. The van der Waals surface area contributed by atoms with E-state index in [2.05, 4.69) is 5.32 Å². The summed E-state index contributed by atoms with van der Waals surface area (Å²) in [5, 5.41) is 2.81. The van der Waals surface area contributed by atoms with E-state index in [0.29, 0.717) is 5.56 Å². The molecule has 1 unspecified atom stereocenters. The van der Waals surface area contributed by atoms with E-state index in [4.69, 9.17) is 0 Å². The molecular formula is C12H13NO2. The summed E-state index contributed by atoms with van der Waals surface area (Å²) in [6.07, 6.45) is 4.63. The molecule has 1 N–H and O–H groups in total. The fraction of sp³-hybridized carbons (Fsp3) is 0.333. The molecule has 1 aromatic carbocycles. The second-order valence-corrected chi connectivity index (χ2v) is 3.81. The van der Waals surface area contributed by atoms with Crippen LogP contribution in [0.1, 0.15) is 40.4 Å². The van der Waals surface area contributed by atoms with Crippen molar-refractivity contribution in [2.75, 3.05) is 0 Å². The third-order valence-electron chi connectivity index (χ3n) is 2.89. The first-order valence-electron chi connectivity index (χ1n) is 5.13. The molecule has 0 fully saturated rings. The number of hydrogen-bond acceptors (Lipinski definition) is 2. The molecule has 0 saturated carbocycles. The SMILES string of the molecule is O=CNC1CCCc2cc(C=O)ccc21. The number of carbonyl (C=O) groups excluding carboxylic acids is 2. The van der Waals surface area contributed by atoms with Crippen molar-refractivity contribution in [3.8, 4) is 0 Å². The van der Waals surface area contributed by atoms with Crippen LogP contribution in [0.25, 0.3) is 0 Å². The second kappa shape index (κ2) is 4.26. The first kappa shape index (κ1) is 9.90. The zero-order chi connectivity index (χ0) is 10.7. The van der Waals surface area contributed by atoms with Crippen LogP contribution in [0.3, 0.4) is 0 Å². The minimum atomic E-state index is 0.118. The summed E-state index contributed by atoms with van der Waals surface area (Å²) in [6.45, 7) is 0. The Hall–Kier alpha value is -1.64. The van der Waals surface area contributed by atoms with Crippen molar-refractivity contribution in [2.45, 2.75) is 25.3 Å². The Morgan fingerprint density at radius 2 is 2.20 bits per heavy atom. The average molecular weight is 203 g/mol. The number of fused-ring (bicyclic) bond motifs is 1. The molecule has 0 spiro atoms. The van der Waals surface area contributed by atoms with Gasteiger partial charge in [-0.15, -0.1) is 0 Å². The van der Waals surface area contributed by atoms with Crippen LogP contribution >= 0.6 is 0 Å². The van der Waals surface area contributed by atoms with Crippen molar-refractivity contribution >= 4 is 12.7 Å². The quantitative estimate of drug-likeness (QED) is 0.759. The Kier molecular flexibility index (Phi) is 2.81. The van der Waals surface area contributed by atoms with Crippen LogP contribution in [0.4, 0.5) is 0 Å². The van der Waals surface area contributed by atoms with Crippen LogP contribution < -0.4 is 5.32 Å². The maximum atomic E-state index is 10.6. The molecule has 0 aromatic heterocycles. The van der Waals surface area contributed by atoms with Crippen molar-refractivity contribution in [1.29, 1.82) is 0 Å². The zero-order valence-electron chi connectivity index (χ0n) is 8.40. The maximum absolute atomic E-state index is 10.6. The number of aldehydes is 1. The van der Waals surface area contributed by atoms with Crippen LogP contribution in [-0.2, 0) is 11.2 Å². The highest BCUT2D eigenvalue weighted by atomic mass is 16.1. The molecule has 1 aliphatic carbocycles. The van der Waals surface area contributed by atoms with Crippen molar-refractivity contribution in [2.24, 2.45) is 0 Å². The molecule has 15 heavy (non-hydrogen) atoms. The molecule has 3 heteroatoms. The molecule has 1 aliphatic rings. The highest BCUT2D eigenvalue weighted by Gasteiger charge is 2.19. The second-order valence-electron chi connectivity index (χ2n) is 3.81. The number of aryl methyl sites for hydroxylation is 1. The van der Waals surface area contributed by atoms with E-state index in [9.17, 15) is 9.59 Å². The third kappa shape index (κ3) is 1.91. The Labute approximate surface area is 88.5 Å². The van der Waals surface area contributed by atoms with E-state index < -0.39 is 0 Å². The number of nitrogens with one attached hydrogen (secondary N) is 1. The molecule has 0 aliphatic heterocycles. The largest absolute Gasteiger partial charge is 0.352 e. The van der Waals surface area contributed by atoms with Gasteiger partial charge in [0.25, 0.3) is 0 Å². The summed E-state index contributed by atoms with van der Waals surface area (Å²) < 4.78 is 0. The predicted molar refractivity (Wildman–Crippen MR) is 56.7 cm³/mol. The lowest BCUT2D eigenvalue weighted by atomic mass is 9.87. The summed E-state index contributed by atoms with van der Waals surface area (Å²) in [6, 6.07) is 5.78. The molecule has 0 bridgehead atoms. The summed E-state index contributed by atoms with van der Waals surface area (Å²) in [7, 11) is 0. The first-order chi connectivity index (χ1) is 7.35. The van der Waals surface area contributed by atoms with Crippen LogP contribution in [0, 0.1) is 0 Å². The monoisotopic (exact) mass is 203 g/mol. The summed E-state index contributed by atoms with van der Waals surface area (Å²) in [5.41, 5.74) is 3.05. The maximum Gasteiger partial charge on any atom is 0.207 e. The summed E-state index contributed by atoms with van der Waals surface area (Å²) in [5.74, 6) is 0. The Bertz CT molecular complexity index is 387. The lowest BCUT2D eigenvalue weighted by Crippen LogP contribution is -2.23. The van der Waals surface area contributed by atoms with Crippen molar-refractivity contribution < 1.29 is 9.59 Å². The van der Waals surface area contributed by atoms with Gasteiger partial charge in [0, 0.05) is 5.56 Å². The predicted octanol–water partition coefficient (Wildman–Crippen LogP) is 1.62. The molecule has 2 rings (SSSR count). The van der Waals surface area contributed by atoms with Gasteiger partial charge in [0.1, 0.15) is 6.29 Å². The van der Waals surface area contributed by atoms with Crippen molar-refractivity contribution in [3.63, 3.8) is 0 Å². The van der Waals surface area contributed by atoms with E-state index in [-0.39, 0.29) is 6.04 Å². The van der Waals surface area contributed by atoms with Gasteiger partial charge < -0.3 is 5.32 Å². The average Bonchev–Trinajstić information content (AvgIpc) is 2.29. The van der Waals surface area contributed by atoms with E-state index in [1.54, 1.807) is 6.07 Å². The molecule has 1 aromatic rings. The summed E-state index contributed by atoms with van der Waals surface area (Å²) in [4.78, 5) is 21.1. The molecule has 0 saturated heterocycles. The van der Waals surface area contributed by atoms with Crippen LogP contribution in [0.5, 0.6) is 0 Å². The molecule has 0 heterocycles. The van der Waals surface area contributed by atoms with E-state index in [1.165, 1.54) is 5.56 Å². The molecule has 1 amide bonds. The molecule has 3 nitrogen and oxygen atoms in total. The standard InChI is InChI=1S/C12H13NO2/c14-7-9-4-5-11-10(6-9)2-1-3-12(11)13-8-15/h4-8,12H,1-3H2,(H,13,15). The van der Waals surface area contributed by atoms with Gasteiger partial charge in [0.15, 0.2) is 0 Å². The Morgan fingerprint density at radius 1 is 1.33 bits per heavy atom. The van der Waals surface area contributed by atoms with E-state index in [0.717, 1.165) is 37.5 Å². The third-order valence-corrected chi connectivity index (χ3v) is 2.89. The van der Waals surface area contributed by atoms with Crippen LogP contribution in [0.15, 0.2) is 18.2 Å². The smallest absolute Gasteiger partial charge is 0.207 e. The normalized spacial score (nSPS) is 19.1. The molecule has 1 atom stereocenters. The van der Waals surface area contributed by atoms with Crippen LogP contribution in [-0.4, -0.2) is 12.7 Å². The van der Waals surface area contributed by atoms with Gasteiger partial charge >= 0.3 is 0 Å². The number of carbonyl (C=O) groups is 2. The number of amides is 1. The molecule has 0 radical (unpaired) electrons. The topological polar surface area (TPSA) is 46.2 Å². The fourth-order valence-electron chi connectivity index (χ4n) is 2.16. The highest BCUT2D eigenvalue weighted by Crippen LogP contribution is 2.29. The molecule has 78 valence electrons. The van der Waals surface area contributed by atoms with Gasteiger partial charge in [-0.25, -0.2) is 0 Å². The van der Waals surface area contributed by atoms with Gasteiger partial charge in [-0.3, -0.25) is 9.59 Å². The van der Waals surface area contributed by atoms with Crippen molar-refractivity contribution in [3.05, 3.63) is 34.9 Å². The van der Waals surface area contributed by atoms with Gasteiger partial charge in [-0.2, -0.15) is 0 Å². The van der Waals surface area contributed by atoms with E-state index in [1.807, 2.05) is 12.1 Å². The Balaban J connectivity index is 2.35. The Morgan fingerprint density at radius 3 is 2.93 bits per heavy atom. The van der Waals surface area contributed by atoms with E-state index >= 15 is 0 Å². The highest BCUT2D eigenvalue weighted by molar-refractivity contribution is 5.75. The summed E-state index contributed by atoms with van der Waals surface area (Å²) >= 11 is 0. The van der Waals surface area contributed by atoms with Crippen LogP contribution in [0.2, 0.25) is 0 Å². The van der Waals surface area contributed by atoms with Gasteiger partial charge in [0.2, 0.25) is 6.41 Å². The minimum absolute atomic E-state index is 0.118. The van der Waals surface area contributed by atoms with Crippen molar-refractivity contribution in [1.82, 2.24) is 5.32 Å². The number of benzene rings is 1. The fourth-order valence-corrected chi connectivity index (χ4v) is 2.16.